The fourth-order valence-corrected chi connectivity index (χ4v) is 3.82. The summed E-state index contributed by atoms with van der Waals surface area (Å²) in [5, 5.41) is 0. The number of rotatable bonds is 1. The highest BCUT2D eigenvalue weighted by atomic mass is 16.1. The van der Waals surface area contributed by atoms with E-state index in [4.69, 9.17) is 0 Å². The molecule has 17 heavy (non-hydrogen) atoms. The van der Waals surface area contributed by atoms with Gasteiger partial charge in [0.2, 0.25) is 0 Å². The molecule has 2 bridgehead atoms. The lowest BCUT2D eigenvalue weighted by Gasteiger charge is -2.32. The summed E-state index contributed by atoms with van der Waals surface area (Å²) >= 11 is 0. The summed E-state index contributed by atoms with van der Waals surface area (Å²) in [5.41, 5.74) is 0.889. The van der Waals surface area contributed by atoms with Crippen LogP contribution in [0.3, 0.4) is 0 Å². The average molecular weight is 232 g/mol. The smallest absolute Gasteiger partial charge is 0.169 e. The molecule has 0 amide bonds. The maximum atomic E-state index is 12.7. The molecule has 94 valence electrons. The predicted octanol–water partition coefficient (Wildman–Crippen LogP) is 4.15. The quantitative estimate of drug-likeness (QED) is 0.490. The highest BCUT2D eigenvalue weighted by Crippen LogP contribution is 2.66. The molecule has 0 unspecified atom stereocenters. The van der Waals surface area contributed by atoms with Crippen molar-refractivity contribution in [2.75, 3.05) is 0 Å². The molecule has 0 heterocycles. The molecule has 2 fully saturated rings. The lowest BCUT2D eigenvalue weighted by atomic mass is 9.69. The van der Waals surface area contributed by atoms with E-state index >= 15 is 0 Å². The number of allylic oxidation sites excluding steroid dienone is 3. The maximum Gasteiger partial charge on any atom is 0.169 e. The van der Waals surface area contributed by atoms with Crippen LogP contribution in [0.1, 0.15) is 47.5 Å². The second kappa shape index (κ2) is 3.34. The number of hydrogen-bond acceptors (Lipinski definition) is 1. The van der Waals surface area contributed by atoms with E-state index < -0.39 is 0 Å². The Kier molecular flexibility index (Phi) is 2.47. The number of Topliss-reactive ketones (excluding diaryl/α,β-unsaturated/α-hetero) is 1. The standard InChI is InChI=1S/C16H24O/c1-7-16-9-8-12(15(16,5)6)11(13(16)17)10-14(2,3)4/h7,10,12H,1,8-9H2,2-6H3/b11-10-/t12-,16+/m0/s1. The van der Waals surface area contributed by atoms with Gasteiger partial charge in [-0.2, -0.15) is 0 Å². The van der Waals surface area contributed by atoms with Gasteiger partial charge in [-0.1, -0.05) is 46.8 Å². The van der Waals surface area contributed by atoms with E-state index in [1.807, 2.05) is 6.08 Å². The minimum Gasteiger partial charge on any atom is -0.294 e. The van der Waals surface area contributed by atoms with Crippen molar-refractivity contribution < 1.29 is 4.79 Å². The van der Waals surface area contributed by atoms with Crippen LogP contribution < -0.4 is 0 Å². The van der Waals surface area contributed by atoms with E-state index in [9.17, 15) is 4.79 Å². The molecular weight excluding hydrogens is 208 g/mol. The largest absolute Gasteiger partial charge is 0.294 e. The second-order valence-electron chi connectivity index (χ2n) is 7.28. The van der Waals surface area contributed by atoms with Crippen molar-refractivity contribution in [3.63, 3.8) is 0 Å². The fourth-order valence-electron chi connectivity index (χ4n) is 3.82. The molecule has 2 aliphatic rings. The third-order valence-electron chi connectivity index (χ3n) is 4.83. The van der Waals surface area contributed by atoms with Gasteiger partial charge in [0.25, 0.3) is 0 Å². The van der Waals surface area contributed by atoms with E-state index in [1.165, 1.54) is 0 Å². The van der Waals surface area contributed by atoms with Gasteiger partial charge in [-0.05, 0) is 35.2 Å². The summed E-state index contributed by atoms with van der Waals surface area (Å²) in [6.07, 6.45) is 6.21. The van der Waals surface area contributed by atoms with Crippen LogP contribution >= 0.6 is 0 Å². The molecule has 0 aromatic carbocycles. The van der Waals surface area contributed by atoms with Gasteiger partial charge in [-0.25, -0.2) is 0 Å². The molecule has 0 aromatic rings. The van der Waals surface area contributed by atoms with Crippen LogP contribution in [0.15, 0.2) is 24.3 Å². The number of hydrogen-bond donors (Lipinski definition) is 0. The van der Waals surface area contributed by atoms with E-state index in [-0.39, 0.29) is 16.2 Å². The molecule has 0 aromatic heterocycles. The Morgan fingerprint density at radius 3 is 2.35 bits per heavy atom. The first-order chi connectivity index (χ1) is 7.66. The van der Waals surface area contributed by atoms with Gasteiger partial charge in [0.15, 0.2) is 5.78 Å². The van der Waals surface area contributed by atoms with Crippen LogP contribution in [-0.4, -0.2) is 5.78 Å². The molecule has 0 radical (unpaired) electrons. The van der Waals surface area contributed by atoms with Gasteiger partial charge in [0.05, 0.1) is 5.41 Å². The Labute approximate surface area is 105 Å². The summed E-state index contributed by atoms with van der Waals surface area (Å²) in [4.78, 5) is 12.7. The molecule has 1 nitrogen and oxygen atoms in total. The highest BCUT2D eigenvalue weighted by molar-refractivity contribution is 6.06. The molecule has 0 saturated heterocycles. The van der Waals surface area contributed by atoms with Gasteiger partial charge in [-0.3, -0.25) is 4.79 Å². The molecular formula is C16H24O. The zero-order chi connectivity index (χ0) is 13.1. The van der Waals surface area contributed by atoms with Crippen molar-refractivity contribution in [1.82, 2.24) is 0 Å². The Balaban J connectivity index is 2.55. The van der Waals surface area contributed by atoms with E-state index in [1.54, 1.807) is 0 Å². The minimum absolute atomic E-state index is 0.0446. The Morgan fingerprint density at radius 2 is 1.94 bits per heavy atom. The molecule has 2 atom stereocenters. The first kappa shape index (κ1) is 12.6. The first-order valence-corrected chi connectivity index (χ1v) is 6.57. The minimum atomic E-state index is -0.297. The molecule has 0 spiro atoms. The van der Waals surface area contributed by atoms with Crippen LogP contribution in [0, 0.1) is 22.2 Å². The van der Waals surface area contributed by atoms with Crippen molar-refractivity contribution in [1.29, 1.82) is 0 Å². The van der Waals surface area contributed by atoms with Gasteiger partial charge in [0, 0.05) is 0 Å². The first-order valence-electron chi connectivity index (χ1n) is 6.57. The Hall–Kier alpha value is -0.850. The number of carbonyl (C=O) groups is 1. The van der Waals surface area contributed by atoms with Crippen LogP contribution in [0.2, 0.25) is 0 Å². The zero-order valence-corrected chi connectivity index (χ0v) is 11.8. The summed E-state index contributed by atoms with van der Waals surface area (Å²) in [6.45, 7) is 14.9. The Bertz CT molecular complexity index is 406. The molecule has 2 saturated carbocycles. The van der Waals surface area contributed by atoms with E-state index in [2.05, 4.69) is 47.3 Å². The van der Waals surface area contributed by atoms with Crippen LogP contribution in [-0.2, 0) is 4.79 Å². The van der Waals surface area contributed by atoms with Gasteiger partial charge in [0.1, 0.15) is 0 Å². The molecule has 0 aliphatic heterocycles. The molecule has 2 rings (SSSR count). The summed E-state index contributed by atoms with van der Waals surface area (Å²) in [7, 11) is 0. The number of ketones is 1. The molecule has 2 aliphatic carbocycles. The van der Waals surface area contributed by atoms with Crippen molar-refractivity contribution in [3.8, 4) is 0 Å². The van der Waals surface area contributed by atoms with E-state index in [0.29, 0.717) is 11.7 Å². The lowest BCUT2D eigenvalue weighted by Crippen LogP contribution is -2.33. The number of fused-ring (bicyclic) bond motifs is 2. The monoisotopic (exact) mass is 232 g/mol. The number of carbonyl (C=O) groups excluding carboxylic acids is 1. The molecule has 0 N–H and O–H groups in total. The third-order valence-corrected chi connectivity index (χ3v) is 4.83. The zero-order valence-electron chi connectivity index (χ0n) is 11.8. The SMILES string of the molecule is C=C[C@@]12CC[C@@H](/C(=C/C(C)(C)C)C1=O)C2(C)C. The summed E-state index contributed by atoms with van der Waals surface area (Å²) in [5.74, 6) is 0.760. The summed E-state index contributed by atoms with van der Waals surface area (Å²) < 4.78 is 0. The topological polar surface area (TPSA) is 17.1 Å². The van der Waals surface area contributed by atoms with Gasteiger partial charge >= 0.3 is 0 Å². The normalized spacial score (nSPS) is 37.8. The van der Waals surface area contributed by atoms with Crippen molar-refractivity contribution >= 4 is 5.78 Å². The highest BCUT2D eigenvalue weighted by Gasteiger charge is 2.65. The van der Waals surface area contributed by atoms with Crippen molar-refractivity contribution in [2.24, 2.45) is 22.2 Å². The second-order valence-corrected chi connectivity index (χ2v) is 7.28. The van der Waals surface area contributed by atoms with Crippen LogP contribution in [0.25, 0.3) is 0 Å². The van der Waals surface area contributed by atoms with E-state index in [0.717, 1.165) is 18.4 Å². The summed E-state index contributed by atoms with van der Waals surface area (Å²) in [6, 6.07) is 0. The fraction of sp³-hybridized carbons (Fsp3) is 0.688. The maximum absolute atomic E-state index is 12.7. The van der Waals surface area contributed by atoms with Crippen molar-refractivity contribution in [3.05, 3.63) is 24.3 Å². The average Bonchev–Trinajstić information content (AvgIpc) is 2.51. The Morgan fingerprint density at radius 1 is 1.35 bits per heavy atom. The third kappa shape index (κ3) is 1.47. The van der Waals surface area contributed by atoms with Gasteiger partial charge in [-0.15, -0.1) is 6.58 Å². The van der Waals surface area contributed by atoms with Gasteiger partial charge < -0.3 is 0 Å². The predicted molar refractivity (Wildman–Crippen MR) is 71.7 cm³/mol. The molecule has 1 heteroatoms. The van der Waals surface area contributed by atoms with Crippen LogP contribution in [0.5, 0.6) is 0 Å². The van der Waals surface area contributed by atoms with Crippen LogP contribution in [0.4, 0.5) is 0 Å². The van der Waals surface area contributed by atoms with Crippen molar-refractivity contribution in [2.45, 2.75) is 47.5 Å². The lowest BCUT2D eigenvalue weighted by molar-refractivity contribution is -0.123.